The Kier molecular flexibility index (Phi) is 6.30. The molecule has 1 aliphatic rings. The van der Waals surface area contributed by atoms with E-state index in [1.165, 1.54) is 0 Å². The Bertz CT molecular complexity index is 447. The molecule has 0 spiro atoms. The third-order valence-corrected chi connectivity index (χ3v) is 3.44. The predicted octanol–water partition coefficient (Wildman–Crippen LogP) is 2.69. The standard InChI is InChI=1S/C15H22N2O2.ClH/c1-10(2)19-14-7-5-4-6-13(14)17-15(18)11(3)12-8-16-9-12;/h4-7,10-12,16H,8-9H2,1-3H3,(H,17,18);1H. The van der Waals surface area contributed by atoms with E-state index in [0.717, 1.165) is 24.5 Å². The van der Waals surface area contributed by atoms with Gasteiger partial charge in [0, 0.05) is 5.92 Å². The fourth-order valence-corrected chi connectivity index (χ4v) is 2.05. The van der Waals surface area contributed by atoms with Gasteiger partial charge in [0.05, 0.1) is 11.8 Å². The van der Waals surface area contributed by atoms with Crippen molar-refractivity contribution in [2.45, 2.75) is 26.9 Å². The van der Waals surface area contributed by atoms with Gasteiger partial charge in [0.15, 0.2) is 0 Å². The first-order valence-corrected chi connectivity index (χ1v) is 6.85. The zero-order chi connectivity index (χ0) is 13.8. The van der Waals surface area contributed by atoms with E-state index in [-0.39, 0.29) is 30.3 Å². The van der Waals surface area contributed by atoms with Crippen LogP contribution in [0.5, 0.6) is 5.75 Å². The Morgan fingerprint density at radius 2 is 1.95 bits per heavy atom. The van der Waals surface area contributed by atoms with Crippen LogP contribution in [-0.4, -0.2) is 25.1 Å². The molecule has 0 aromatic heterocycles. The molecule has 0 saturated carbocycles. The second-order valence-electron chi connectivity index (χ2n) is 5.36. The molecule has 112 valence electrons. The summed E-state index contributed by atoms with van der Waals surface area (Å²) in [7, 11) is 0. The first-order valence-electron chi connectivity index (χ1n) is 6.85. The maximum absolute atomic E-state index is 12.2. The van der Waals surface area contributed by atoms with Crippen LogP contribution < -0.4 is 15.4 Å². The molecule has 1 aromatic rings. The fourth-order valence-electron chi connectivity index (χ4n) is 2.05. The quantitative estimate of drug-likeness (QED) is 0.879. The topological polar surface area (TPSA) is 50.4 Å². The van der Waals surface area contributed by atoms with Gasteiger partial charge in [0.25, 0.3) is 0 Å². The Labute approximate surface area is 126 Å². The first kappa shape index (κ1) is 16.8. The first-order chi connectivity index (χ1) is 9.08. The van der Waals surface area contributed by atoms with E-state index in [2.05, 4.69) is 10.6 Å². The lowest BCUT2D eigenvalue weighted by atomic mass is 9.88. The summed E-state index contributed by atoms with van der Waals surface area (Å²) in [5.74, 6) is 1.25. The minimum absolute atomic E-state index is 0. The van der Waals surface area contributed by atoms with Crippen molar-refractivity contribution >= 4 is 24.0 Å². The van der Waals surface area contributed by atoms with Crippen LogP contribution in [0.3, 0.4) is 0 Å². The van der Waals surface area contributed by atoms with Crippen molar-refractivity contribution in [2.75, 3.05) is 18.4 Å². The number of carbonyl (C=O) groups is 1. The van der Waals surface area contributed by atoms with E-state index in [0.29, 0.717) is 5.92 Å². The van der Waals surface area contributed by atoms with Crippen LogP contribution in [0.15, 0.2) is 24.3 Å². The predicted molar refractivity (Wildman–Crippen MR) is 83.6 cm³/mol. The van der Waals surface area contributed by atoms with Crippen molar-refractivity contribution < 1.29 is 9.53 Å². The molecule has 20 heavy (non-hydrogen) atoms. The zero-order valence-electron chi connectivity index (χ0n) is 12.2. The molecule has 1 atom stereocenters. The van der Waals surface area contributed by atoms with E-state index in [4.69, 9.17) is 4.74 Å². The number of hydrogen-bond donors (Lipinski definition) is 2. The van der Waals surface area contributed by atoms with Crippen LogP contribution in [0, 0.1) is 11.8 Å². The second-order valence-corrected chi connectivity index (χ2v) is 5.36. The van der Waals surface area contributed by atoms with Crippen LogP contribution in [-0.2, 0) is 4.79 Å². The summed E-state index contributed by atoms with van der Waals surface area (Å²) in [5.41, 5.74) is 0.750. The number of amides is 1. The molecule has 2 rings (SSSR count). The number of nitrogens with one attached hydrogen (secondary N) is 2. The maximum Gasteiger partial charge on any atom is 0.227 e. The molecule has 1 aliphatic heterocycles. The third-order valence-electron chi connectivity index (χ3n) is 3.44. The lowest BCUT2D eigenvalue weighted by molar-refractivity contribution is -0.121. The van der Waals surface area contributed by atoms with Gasteiger partial charge in [-0.05, 0) is 45.0 Å². The molecule has 0 radical (unpaired) electrons. The van der Waals surface area contributed by atoms with E-state index < -0.39 is 0 Å². The van der Waals surface area contributed by atoms with Gasteiger partial charge < -0.3 is 15.4 Å². The number of para-hydroxylation sites is 2. The van der Waals surface area contributed by atoms with Gasteiger partial charge in [-0.1, -0.05) is 19.1 Å². The molecular formula is C15H23ClN2O2. The van der Waals surface area contributed by atoms with Crippen LogP contribution in [0.2, 0.25) is 0 Å². The second kappa shape index (κ2) is 7.50. The largest absolute Gasteiger partial charge is 0.489 e. The Morgan fingerprint density at radius 1 is 1.30 bits per heavy atom. The number of halogens is 1. The minimum Gasteiger partial charge on any atom is -0.489 e. The van der Waals surface area contributed by atoms with Gasteiger partial charge in [-0.15, -0.1) is 12.4 Å². The molecule has 1 aromatic carbocycles. The number of ether oxygens (including phenoxy) is 1. The van der Waals surface area contributed by atoms with Gasteiger partial charge in [0.1, 0.15) is 5.75 Å². The van der Waals surface area contributed by atoms with Gasteiger partial charge in [-0.3, -0.25) is 4.79 Å². The van der Waals surface area contributed by atoms with Gasteiger partial charge in [-0.2, -0.15) is 0 Å². The lowest BCUT2D eigenvalue weighted by Crippen LogP contribution is -2.48. The summed E-state index contributed by atoms with van der Waals surface area (Å²) in [4.78, 5) is 12.2. The van der Waals surface area contributed by atoms with Gasteiger partial charge in [-0.25, -0.2) is 0 Å². The normalized spacial score (nSPS) is 16.0. The number of rotatable bonds is 5. The fraction of sp³-hybridized carbons (Fsp3) is 0.533. The molecule has 1 unspecified atom stereocenters. The number of benzene rings is 1. The monoisotopic (exact) mass is 298 g/mol. The maximum atomic E-state index is 12.2. The highest BCUT2D eigenvalue weighted by molar-refractivity contribution is 5.94. The van der Waals surface area contributed by atoms with E-state index in [9.17, 15) is 4.79 Å². The Balaban J connectivity index is 0.00000200. The lowest BCUT2D eigenvalue weighted by Gasteiger charge is -2.31. The van der Waals surface area contributed by atoms with Crippen molar-refractivity contribution in [3.05, 3.63) is 24.3 Å². The van der Waals surface area contributed by atoms with Crippen LogP contribution in [0.4, 0.5) is 5.69 Å². The average Bonchev–Trinajstić information content (AvgIpc) is 2.28. The SMILES string of the molecule is CC(C)Oc1ccccc1NC(=O)C(C)C1CNC1.Cl. The molecular weight excluding hydrogens is 276 g/mol. The van der Waals surface area contributed by atoms with Crippen molar-refractivity contribution in [3.63, 3.8) is 0 Å². The highest BCUT2D eigenvalue weighted by Crippen LogP contribution is 2.26. The van der Waals surface area contributed by atoms with Crippen molar-refractivity contribution in [3.8, 4) is 5.75 Å². The molecule has 1 amide bonds. The number of hydrogen-bond acceptors (Lipinski definition) is 3. The Hall–Kier alpha value is -1.26. The smallest absolute Gasteiger partial charge is 0.227 e. The Morgan fingerprint density at radius 3 is 2.50 bits per heavy atom. The van der Waals surface area contributed by atoms with E-state index >= 15 is 0 Å². The summed E-state index contributed by atoms with van der Waals surface area (Å²) in [6, 6.07) is 7.57. The van der Waals surface area contributed by atoms with E-state index in [1.807, 2.05) is 45.0 Å². The summed E-state index contributed by atoms with van der Waals surface area (Å²) in [5, 5.41) is 6.17. The average molecular weight is 299 g/mol. The summed E-state index contributed by atoms with van der Waals surface area (Å²) >= 11 is 0. The molecule has 1 heterocycles. The highest BCUT2D eigenvalue weighted by Gasteiger charge is 2.29. The molecule has 2 N–H and O–H groups in total. The molecule has 0 bridgehead atoms. The zero-order valence-corrected chi connectivity index (χ0v) is 13.0. The van der Waals surface area contributed by atoms with Crippen molar-refractivity contribution in [1.82, 2.24) is 5.32 Å². The van der Waals surface area contributed by atoms with E-state index in [1.54, 1.807) is 0 Å². The minimum atomic E-state index is 0. The highest BCUT2D eigenvalue weighted by atomic mass is 35.5. The number of anilines is 1. The van der Waals surface area contributed by atoms with Crippen molar-refractivity contribution in [1.29, 1.82) is 0 Å². The summed E-state index contributed by atoms with van der Waals surface area (Å²) in [6.45, 7) is 7.78. The van der Waals surface area contributed by atoms with Crippen LogP contribution in [0.25, 0.3) is 0 Å². The molecule has 1 saturated heterocycles. The molecule has 0 aliphatic carbocycles. The van der Waals surface area contributed by atoms with Crippen molar-refractivity contribution in [2.24, 2.45) is 11.8 Å². The third kappa shape index (κ3) is 4.12. The molecule has 5 heteroatoms. The summed E-state index contributed by atoms with van der Waals surface area (Å²) < 4.78 is 5.70. The van der Waals surface area contributed by atoms with Gasteiger partial charge >= 0.3 is 0 Å². The number of carbonyl (C=O) groups excluding carboxylic acids is 1. The van der Waals surface area contributed by atoms with Crippen LogP contribution in [0.1, 0.15) is 20.8 Å². The van der Waals surface area contributed by atoms with Crippen LogP contribution >= 0.6 is 12.4 Å². The molecule has 4 nitrogen and oxygen atoms in total. The molecule has 1 fully saturated rings. The summed E-state index contributed by atoms with van der Waals surface area (Å²) in [6.07, 6.45) is 0.0892. The van der Waals surface area contributed by atoms with Gasteiger partial charge in [0.2, 0.25) is 5.91 Å².